The second kappa shape index (κ2) is 5.70. The van der Waals surface area contributed by atoms with Crippen LogP contribution in [0.1, 0.15) is 44.6 Å². The molecular formula is C13H20N6S. The van der Waals surface area contributed by atoms with Crippen LogP contribution in [0.5, 0.6) is 0 Å². The molecule has 108 valence electrons. The van der Waals surface area contributed by atoms with E-state index in [2.05, 4.69) is 26.9 Å². The van der Waals surface area contributed by atoms with Gasteiger partial charge in [0, 0.05) is 5.75 Å². The first-order valence-corrected chi connectivity index (χ1v) is 8.28. The highest BCUT2D eigenvalue weighted by Gasteiger charge is 2.41. The standard InChI is InChI=1S/C13H20N6S/c1-15-13(9-14)7-2-3-10(13)6-8-20-12-16-17-18-19(12)11-4-5-11/h10-11,15H,2-8H2,1H3. The van der Waals surface area contributed by atoms with Crippen LogP contribution in [0.2, 0.25) is 0 Å². The lowest BCUT2D eigenvalue weighted by atomic mass is 9.87. The fraction of sp³-hybridized carbons (Fsp3) is 0.846. The van der Waals surface area contributed by atoms with Crippen LogP contribution in [0.4, 0.5) is 0 Å². The lowest BCUT2D eigenvalue weighted by Crippen LogP contribution is -2.44. The van der Waals surface area contributed by atoms with E-state index in [1.54, 1.807) is 11.8 Å². The van der Waals surface area contributed by atoms with Gasteiger partial charge in [-0.05, 0) is 55.5 Å². The Kier molecular flexibility index (Phi) is 3.94. The fourth-order valence-corrected chi connectivity index (χ4v) is 4.12. The summed E-state index contributed by atoms with van der Waals surface area (Å²) in [5.74, 6) is 1.42. The van der Waals surface area contributed by atoms with Gasteiger partial charge >= 0.3 is 0 Å². The number of hydrogen-bond acceptors (Lipinski definition) is 6. The van der Waals surface area contributed by atoms with Gasteiger partial charge in [0.2, 0.25) is 5.16 Å². The largest absolute Gasteiger partial charge is 0.302 e. The van der Waals surface area contributed by atoms with E-state index in [1.165, 1.54) is 12.8 Å². The highest BCUT2D eigenvalue weighted by molar-refractivity contribution is 7.99. The predicted molar refractivity (Wildman–Crippen MR) is 76.2 cm³/mol. The maximum absolute atomic E-state index is 9.44. The van der Waals surface area contributed by atoms with Crippen molar-refractivity contribution in [3.8, 4) is 6.07 Å². The van der Waals surface area contributed by atoms with Gasteiger partial charge in [0.1, 0.15) is 5.54 Å². The van der Waals surface area contributed by atoms with Crippen molar-refractivity contribution >= 4 is 11.8 Å². The first-order chi connectivity index (χ1) is 9.79. The van der Waals surface area contributed by atoms with Gasteiger partial charge in [-0.3, -0.25) is 0 Å². The van der Waals surface area contributed by atoms with Crippen molar-refractivity contribution in [2.75, 3.05) is 12.8 Å². The van der Waals surface area contributed by atoms with Crippen molar-refractivity contribution in [1.29, 1.82) is 5.26 Å². The second-order valence-corrected chi connectivity index (χ2v) is 6.76. The van der Waals surface area contributed by atoms with Gasteiger partial charge in [-0.15, -0.1) is 5.10 Å². The molecule has 0 spiro atoms. The normalized spacial score (nSPS) is 29.5. The van der Waals surface area contributed by atoms with Crippen molar-refractivity contribution in [2.24, 2.45) is 5.92 Å². The molecule has 2 aliphatic rings. The zero-order chi connectivity index (χ0) is 14.0. The molecule has 7 heteroatoms. The average molecular weight is 292 g/mol. The van der Waals surface area contributed by atoms with E-state index >= 15 is 0 Å². The van der Waals surface area contributed by atoms with Crippen molar-refractivity contribution in [1.82, 2.24) is 25.5 Å². The third kappa shape index (κ3) is 2.54. The van der Waals surface area contributed by atoms with Crippen molar-refractivity contribution in [3.63, 3.8) is 0 Å². The second-order valence-electron chi connectivity index (χ2n) is 5.70. The van der Waals surface area contributed by atoms with E-state index < -0.39 is 0 Å². The van der Waals surface area contributed by atoms with Gasteiger partial charge in [-0.2, -0.15) is 5.26 Å². The average Bonchev–Trinajstić information content (AvgIpc) is 3.07. The summed E-state index contributed by atoms with van der Waals surface area (Å²) in [5, 5.41) is 25.5. The van der Waals surface area contributed by atoms with E-state index in [0.29, 0.717) is 12.0 Å². The first kappa shape index (κ1) is 13.8. The van der Waals surface area contributed by atoms with E-state index in [-0.39, 0.29) is 5.54 Å². The van der Waals surface area contributed by atoms with Gasteiger partial charge in [0.05, 0.1) is 12.1 Å². The Balaban J connectivity index is 1.55. The van der Waals surface area contributed by atoms with E-state index in [4.69, 9.17) is 0 Å². The molecule has 2 atom stereocenters. The van der Waals surface area contributed by atoms with Crippen LogP contribution in [0.3, 0.4) is 0 Å². The Morgan fingerprint density at radius 3 is 3.05 bits per heavy atom. The fourth-order valence-electron chi connectivity index (χ4n) is 3.12. The smallest absolute Gasteiger partial charge is 0.209 e. The van der Waals surface area contributed by atoms with Crippen molar-refractivity contribution in [3.05, 3.63) is 0 Å². The Labute approximate surface area is 123 Å². The highest BCUT2D eigenvalue weighted by atomic mass is 32.2. The molecule has 6 nitrogen and oxygen atoms in total. The summed E-state index contributed by atoms with van der Waals surface area (Å²) >= 11 is 1.72. The lowest BCUT2D eigenvalue weighted by molar-refractivity contribution is 0.332. The molecule has 0 aromatic carbocycles. The minimum Gasteiger partial charge on any atom is -0.302 e. The van der Waals surface area contributed by atoms with Crippen LogP contribution in [-0.2, 0) is 0 Å². The summed E-state index contributed by atoms with van der Waals surface area (Å²) in [5.41, 5.74) is -0.316. The third-order valence-corrected chi connectivity index (χ3v) is 5.49. The molecule has 0 amide bonds. The Morgan fingerprint density at radius 2 is 2.35 bits per heavy atom. The van der Waals surface area contributed by atoms with E-state index in [1.807, 2.05) is 11.7 Å². The maximum atomic E-state index is 9.44. The van der Waals surface area contributed by atoms with Crippen LogP contribution >= 0.6 is 11.8 Å². The molecule has 3 rings (SSSR count). The molecular weight excluding hydrogens is 272 g/mol. The molecule has 1 heterocycles. The zero-order valence-electron chi connectivity index (χ0n) is 11.7. The van der Waals surface area contributed by atoms with E-state index in [9.17, 15) is 5.26 Å². The van der Waals surface area contributed by atoms with Crippen LogP contribution in [0.15, 0.2) is 5.16 Å². The van der Waals surface area contributed by atoms with Crippen molar-refractivity contribution < 1.29 is 0 Å². The molecule has 1 N–H and O–H groups in total. The van der Waals surface area contributed by atoms with Crippen LogP contribution < -0.4 is 5.32 Å². The van der Waals surface area contributed by atoms with Crippen molar-refractivity contribution in [2.45, 2.75) is 55.3 Å². The molecule has 2 fully saturated rings. The predicted octanol–water partition coefficient (Wildman–Crippen LogP) is 1.77. The topological polar surface area (TPSA) is 79.4 Å². The SMILES string of the molecule is CNC1(C#N)CCCC1CCSc1nnnn1C1CC1. The summed E-state index contributed by atoms with van der Waals surface area (Å²) in [6.07, 6.45) is 6.68. The number of aromatic nitrogens is 4. The van der Waals surface area contributed by atoms with Gasteiger partial charge < -0.3 is 5.32 Å². The number of nitriles is 1. The number of thioether (sulfide) groups is 1. The highest BCUT2D eigenvalue weighted by Crippen LogP contribution is 2.39. The third-order valence-electron chi connectivity index (χ3n) is 4.52. The minimum atomic E-state index is -0.316. The van der Waals surface area contributed by atoms with E-state index in [0.717, 1.165) is 36.6 Å². The lowest BCUT2D eigenvalue weighted by Gasteiger charge is -2.27. The molecule has 0 saturated heterocycles. The number of hydrogen-bond donors (Lipinski definition) is 1. The Hall–Kier alpha value is -1.13. The number of tetrazole rings is 1. The number of nitrogens with zero attached hydrogens (tertiary/aromatic N) is 5. The number of rotatable bonds is 6. The summed E-state index contributed by atoms with van der Waals surface area (Å²) in [6.45, 7) is 0. The van der Waals surface area contributed by atoms with Crippen LogP contribution in [-0.4, -0.2) is 38.5 Å². The summed E-state index contributed by atoms with van der Waals surface area (Å²) in [6, 6.07) is 3.02. The zero-order valence-corrected chi connectivity index (χ0v) is 12.6. The Morgan fingerprint density at radius 1 is 1.50 bits per heavy atom. The van der Waals surface area contributed by atoms with Crippen LogP contribution in [0.25, 0.3) is 0 Å². The molecule has 1 aromatic heterocycles. The van der Waals surface area contributed by atoms with Gasteiger partial charge in [0.15, 0.2) is 0 Å². The minimum absolute atomic E-state index is 0.316. The van der Waals surface area contributed by atoms with Gasteiger partial charge in [-0.25, -0.2) is 4.68 Å². The molecule has 20 heavy (non-hydrogen) atoms. The maximum Gasteiger partial charge on any atom is 0.209 e. The summed E-state index contributed by atoms with van der Waals surface area (Å²) < 4.78 is 1.95. The molecule has 1 aromatic rings. The molecule has 0 radical (unpaired) electrons. The van der Waals surface area contributed by atoms with Crippen LogP contribution in [0, 0.1) is 17.2 Å². The van der Waals surface area contributed by atoms with Gasteiger partial charge in [-0.1, -0.05) is 18.2 Å². The molecule has 0 bridgehead atoms. The monoisotopic (exact) mass is 292 g/mol. The summed E-state index contributed by atoms with van der Waals surface area (Å²) in [7, 11) is 1.91. The molecule has 2 saturated carbocycles. The first-order valence-electron chi connectivity index (χ1n) is 7.30. The molecule has 2 aliphatic carbocycles. The quantitative estimate of drug-likeness (QED) is 0.805. The molecule has 2 unspecified atom stereocenters. The van der Waals surface area contributed by atoms with Gasteiger partial charge in [0.25, 0.3) is 0 Å². The Bertz CT molecular complexity index is 505. The number of nitrogens with one attached hydrogen (secondary N) is 1. The summed E-state index contributed by atoms with van der Waals surface area (Å²) in [4.78, 5) is 0. The molecule has 0 aliphatic heterocycles.